The lowest BCUT2D eigenvalue weighted by Gasteiger charge is -2.13. The SMILES string of the molecule is CCOCC(C)NS(=O)(=O)c1sc(Cl)nc1C. The van der Waals surface area contributed by atoms with E-state index in [-0.39, 0.29) is 14.7 Å². The Labute approximate surface area is 110 Å². The van der Waals surface area contributed by atoms with Crippen LogP contribution in [0.1, 0.15) is 19.5 Å². The van der Waals surface area contributed by atoms with Crippen molar-refractivity contribution in [1.82, 2.24) is 9.71 Å². The molecule has 1 atom stereocenters. The molecule has 0 fully saturated rings. The number of thiazole rings is 1. The van der Waals surface area contributed by atoms with E-state index in [9.17, 15) is 8.42 Å². The largest absolute Gasteiger partial charge is 0.380 e. The first-order valence-electron chi connectivity index (χ1n) is 5.09. The second kappa shape index (κ2) is 6.10. The molecule has 1 aromatic rings. The van der Waals surface area contributed by atoms with E-state index >= 15 is 0 Å². The van der Waals surface area contributed by atoms with Crippen LogP contribution in [-0.4, -0.2) is 32.7 Å². The van der Waals surface area contributed by atoms with Crippen molar-refractivity contribution in [3.63, 3.8) is 0 Å². The maximum absolute atomic E-state index is 12.0. The maximum atomic E-state index is 12.0. The van der Waals surface area contributed by atoms with Gasteiger partial charge in [0, 0.05) is 12.6 Å². The van der Waals surface area contributed by atoms with E-state index in [0.717, 1.165) is 11.3 Å². The summed E-state index contributed by atoms with van der Waals surface area (Å²) in [5.41, 5.74) is 0.413. The number of halogens is 1. The standard InChI is InChI=1S/C9H15ClN2O3S2/c1-4-15-5-6(2)12-17(13,14)8-7(3)11-9(10)16-8/h6,12H,4-5H2,1-3H3. The summed E-state index contributed by atoms with van der Waals surface area (Å²) in [5, 5.41) is 0. The van der Waals surface area contributed by atoms with E-state index in [2.05, 4.69) is 9.71 Å². The molecule has 0 spiro atoms. The molecule has 98 valence electrons. The molecule has 0 aromatic carbocycles. The van der Waals surface area contributed by atoms with E-state index in [1.165, 1.54) is 0 Å². The van der Waals surface area contributed by atoms with Crippen molar-refractivity contribution >= 4 is 33.0 Å². The van der Waals surface area contributed by atoms with Crippen LogP contribution in [0.5, 0.6) is 0 Å². The van der Waals surface area contributed by atoms with Crippen LogP contribution >= 0.6 is 22.9 Å². The number of ether oxygens (including phenoxy) is 1. The van der Waals surface area contributed by atoms with Crippen LogP contribution in [0.15, 0.2) is 4.21 Å². The molecule has 0 amide bonds. The van der Waals surface area contributed by atoms with Gasteiger partial charge in [-0.3, -0.25) is 0 Å². The molecule has 8 heteroatoms. The second-order valence-corrected chi connectivity index (χ2v) is 7.01. The molecule has 1 N–H and O–H groups in total. The fourth-order valence-electron chi connectivity index (χ4n) is 1.25. The molecule has 1 heterocycles. The van der Waals surface area contributed by atoms with Crippen LogP contribution < -0.4 is 4.72 Å². The molecule has 1 rings (SSSR count). The average molecular weight is 299 g/mol. The Morgan fingerprint density at radius 1 is 1.59 bits per heavy atom. The monoisotopic (exact) mass is 298 g/mol. The van der Waals surface area contributed by atoms with Gasteiger partial charge in [-0.1, -0.05) is 22.9 Å². The third-order valence-electron chi connectivity index (χ3n) is 1.90. The molecule has 0 aliphatic carbocycles. The molecule has 0 aliphatic rings. The molecular formula is C9H15ClN2O3S2. The maximum Gasteiger partial charge on any atom is 0.252 e. The second-order valence-electron chi connectivity index (χ2n) is 3.52. The summed E-state index contributed by atoms with van der Waals surface area (Å²) in [6.45, 7) is 6.10. The van der Waals surface area contributed by atoms with Gasteiger partial charge in [0.05, 0.1) is 12.3 Å². The first-order valence-corrected chi connectivity index (χ1v) is 7.77. The minimum atomic E-state index is -3.56. The van der Waals surface area contributed by atoms with Crippen LogP contribution in [0.4, 0.5) is 0 Å². The highest BCUT2D eigenvalue weighted by Crippen LogP contribution is 2.26. The summed E-state index contributed by atoms with van der Waals surface area (Å²) in [5.74, 6) is 0. The normalized spacial score (nSPS) is 13.9. The van der Waals surface area contributed by atoms with E-state index in [1.807, 2.05) is 6.92 Å². The van der Waals surface area contributed by atoms with Crippen molar-refractivity contribution in [3.05, 3.63) is 10.2 Å². The number of rotatable bonds is 6. The van der Waals surface area contributed by atoms with Crippen LogP contribution in [0.2, 0.25) is 4.47 Å². The van der Waals surface area contributed by atoms with E-state index in [4.69, 9.17) is 16.3 Å². The van der Waals surface area contributed by atoms with Crippen LogP contribution in [0.25, 0.3) is 0 Å². The van der Waals surface area contributed by atoms with Crippen LogP contribution in [0, 0.1) is 6.92 Å². The van der Waals surface area contributed by atoms with Crippen molar-refractivity contribution in [3.8, 4) is 0 Å². The molecule has 0 saturated carbocycles. The zero-order valence-electron chi connectivity index (χ0n) is 9.86. The fourth-order valence-corrected chi connectivity index (χ4v) is 4.23. The van der Waals surface area contributed by atoms with Crippen LogP contribution in [0.3, 0.4) is 0 Å². The van der Waals surface area contributed by atoms with Gasteiger partial charge in [0.1, 0.15) is 0 Å². The third-order valence-corrected chi connectivity index (χ3v) is 5.36. The third kappa shape index (κ3) is 4.18. The van der Waals surface area contributed by atoms with Gasteiger partial charge in [0.25, 0.3) is 10.0 Å². The highest BCUT2D eigenvalue weighted by atomic mass is 35.5. The van der Waals surface area contributed by atoms with Crippen molar-refractivity contribution < 1.29 is 13.2 Å². The summed E-state index contributed by atoms with van der Waals surface area (Å²) in [6.07, 6.45) is 0. The molecule has 17 heavy (non-hydrogen) atoms. The number of aromatic nitrogens is 1. The number of sulfonamides is 1. The Balaban J connectivity index is 2.79. The fraction of sp³-hybridized carbons (Fsp3) is 0.667. The topological polar surface area (TPSA) is 68.3 Å². The summed E-state index contributed by atoms with van der Waals surface area (Å²) in [4.78, 5) is 3.88. The van der Waals surface area contributed by atoms with Gasteiger partial charge in [0.15, 0.2) is 8.68 Å². The quantitative estimate of drug-likeness (QED) is 0.869. The number of hydrogen-bond donors (Lipinski definition) is 1. The van der Waals surface area contributed by atoms with Crippen molar-refractivity contribution in [2.45, 2.75) is 31.0 Å². The lowest BCUT2D eigenvalue weighted by molar-refractivity contribution is 0.133. The van der Waals surface area contributed by atoms with Gasteiger partial charge >= 0.3 is 0 Å². The minimum Gasteiger partial charge on any atom is -0.380 e. The van der Waals surface area contributed by atoms with Crippen molar-refractivity contribution in [1.29, 1.82) is 0 Å². The molecular weight excluding hydrogens is 284 g/mol. The molecule has 0 bridgehead atoms. The number of aryl methyl sites for hydroxylation is 1. The Kier molecular flexibility index (Phi) is 5.33. The van der Waals surface area contributed by atoms with E-state index in [0.29, 0.717) is 18.9 Å². The zero-order chi connectivity index (χ0) is 13.1. The minimum absolute atomic E-state index is 0.158. The van der Waals surface area contributed by atoms with Gasteiger partial charge in [0.2, 0.25) is 0 Å². The summed E-state index contributed by atoms with van der Waals surface area (Å²) < 4.78 is 32.0. The molecule has 0 radical (unpaired) electrons. The molecule has 0 aliphatic heterocycles. The van der Waals surface area contributed by atoms with Gasteiger partial charge < -0.3 is 4.74 Å². The highest BCUT2D eigenvalue weighted by Gasteiger charge is 2.23. The van der Waals surface area contributed by atoms with E-state index in [1.54, 1.807) is 13.8 Å². The highest BCUT2D eigenvalue weighted by molar-refractivity contribution is 7.91. The smallest absolute Gasteiger partial charge is 0.252 e. The molecule has 5 nitrogen and oxygen atoms in total. The summed E-state index contributed by atoms with van der Waals surface area (Å²) >= 11 is 6.63. The number of hydrogen-bond acceptors (Lipinski definition) is 5. The van der Waals surface area contributed by atoms with Gasteiger partial charge in [-0.05, 0) is 20.8 Å². The Bertz CT molecular complexity index is 473. The van der Waals surface area contributed by atoms with Gasteiger partial charge in [-0.2, -0.15) is 0 Å². The van der Waals surface area contributed by atoms with Crippen molar-refractivity contribution in [2.24, 2.45) is 0 Å². The molecule has 1 unspecified atom stereocenters. The number of nitrogens with zero attached hydrogens (tertiary/aromatic N) is 1. The Morgan fingerprint density at radius 2 is 2.24 bits per heavy atom. The average Bonchev–Trinajstić information content (AvgIpc) is 2.55. The predicted molar refractivity (Wildman–Crippen MR) is 68.1 cm³/mol. The first-order chi connectivity index (χ1) is 7.86. The van der Waals surface area contributed by atoms with Gasteiger partial charge in [-0.15, -0.1) is 0 Å². The lowest BCUT2D eigenvalue weighted by Crippen LogP contribution is -2.35. The Morgan fingerprint density at radius 3 is 2.71 bits per heavy atom. The summed E-state index contributed by atoms with van der Waals surface area (Å²) in [6, 6.07) is -0.291. The molecule has 1 aromatic heterocycles. The zero-order valence-corrected chi connectivity index (χ0v) is 12.2. The summed E-state index contributed by atoms with van der Waals surface area (Å²) in [7, 11) is -3.56. The molecule has 0 saturated heterocycles. The predicted octanol–water partition coefficient (Wildman–Crippen LogP) is 1.81. The van der Waals surface area contributed by atoms with Gasteiger partial charge in [-0.25, -0.2) is 18.1 Å². The van der Waals surface area contributed by atoms with E-state index < -0.39 is 10.0 Å². The Hall–Kier alpha value is -0.210. The van der Waals surface area contributed by atoms with Crippen molar-refractivity contribution in [2.75, 3.05) is 13.2 Å². The first kappa shape index (κ1) is 14.8. The number of nitrogens with one attached hydrogen (secondary N) is 1. The van der Waals surface area contributed by atoms with Crippen LogP contribution in [-0.2, 0) is 14.8 Å². The lowest BCUT2D eigenvalue weighted by atomic mass is 10.4.